The van der Waals surface area contributed by atoms with Crippen LogP contribution in [0, 0.1) is 0 Å². The second-order valence-corrected chi connectivity index (χ2v) is 6.78. The fourth-order valence-corrected chi connectivity index (χ4v) is 3.34. The minimum atomic E-state index is -0.429. The number of carbonyl (C=O) groups excluding carboxylic acids is 3. The number of methoxy groups -OCH3 is 2. The largest absolute Gasteiger partial charge is 0.497 e. The lowest BCUT2D eigenvalue weighted by Gasteiger charge is -2.14. The summed E-state index contributed by atoms with van der Waals surface area (Å²) in [6, 6.07) is 13.8. The molecule has 2 aromatic rings. The quantitative estimate of drug-likeness (QED) is 0.588. The summed E-state index contributed by atoms with van der Waals surface area (Å²) in [6.45, 7) is 0.0300. The zero-order valence-electron chi connectivity index (χ0n) is 15.3. The predicted octanol–water partition coefficient (Wildman–Crippen LogP) is 3.59. The summed E-state index contributed by atoms with van der Waals surface area (Å²) in [5.74, 6) is -0.0710. The van der Waals surface area contributed by atoms with Gasteiger partial charge < -0.3 is 14.8 Å². The maximum absolute atomic E-state index is 12.5. The molecule has 1 heterocycles. The molecule has 0 spiro atoms. The highest BCUT2D eigenvalue weighted by Gasteiger charge is 2.34. The fourth-order valence-electron chi connectivity index (χ4n) is 2.50. The maximum atomic E-state index is 12.5. The molecule has 1 aliphatic rings. The Hall–Kier alpha value is -3.26. The van der Waals surface area contributed by atoms with Gasteiger partial charge in [-0.1, -0.05) is 12.1 Å². The van der Waals surface area contributed by atoms with Crippen LogP contribution in [0.15, 0.2) is 53.4 Å². The number of ether oxygens (including phenoxy) is 2. The molecule has 28 heavy (non-hydrogen) atoms. The first kappa shape index (κ1) is 19.5. The molecule has 1 saturated heterocycles. The molecular formula is C20H18N2O5S. The lowest BCUT2D eigenvalue weighted by molar-refractivity contribution is -0.122. The van der Waals surface area contributed by atoms with Gasteiger partial charge in [0.05, 0.1) is 31.4 Å². The Morgan fingerprint density at radius 3 is 2.36 bits per heavy atom. The van der Waals surface area contributed by atoms with Crippen LogP contribution in [0.3, 0.4) is 0 Å². The van der Waals surface area contributed by atoms with Crippen LogP contribution >= 0.6 is 11.8 Å². The smallest absolute Gasteiger partial charge is 0.337 e. The van der Waals surface area contributed by atoms with Gasteiger partial charge >= 0.3 is 5.97 Å². The van der Waals surface area contributed by atoms with Crippen LogP contribution in [0.2, 0.25) is 0 Å². The van der Waals surface area contributed by atoms with Crippen molar-refractivity contribution in [2.75, 3.05) is 26.2 Å². The molecule has 2 aromatic carbocycles. The molecule has 0 bridgehead atoms. The number of nitrogens with one attached hydrogen (secondary N) is 1. The predicted molar refractivity (Wildman–Crippen MR) is 107 cm³/mol. The zero-order chi connectivity index (χ0) is 20.1. The Morgan fingerprint density at radius 2 is 1.75 bits per heavy atom. The molecule has 144 valence electrons. The first-order chi connectivity index (χ1) is 13.5. The van der Waals surface area contributed by atoms with E-state index in [1.54, 1.807) is 49.6 Å². The second kappa shape index (κ2) is 8.62. The van der Waals surface area contributed by atoms with Gasteiger partial charge in [0.1, 0.15) is 5.75 Å². The number of thioether (sulfide) groups is 1. The van der Waals surface area contributed by atoms with Gasteiger partial charge in [-0.05, 0) is 59.8 Å². The lowest BCUT2D eigenvalue weighted by atomic mass is 10.2. The van der Waals surface area contributed by atoms with E-state index in [-0.39, 0.29) is 17.8 Å². The van der Waals surface area contributed by atoms with E-state index in [0.29, 0.717) is 21.9 Å². The van der Waals surface area contributed by atoms with Crippen molar-refractivity contribution in [2.45, 2.75) is 0 Å². The minimum Gasteiger partial charge on any atom is -0.497 e. The van der Waals surface area contributed by atoms with Gasteiger partial charge in [0.25, 0.3) is 11.1 Å². The SMILES string of the molecule is COC(=O)c1ccc(NCN2C(=O)SC(=Cc3ccc(OC)cc3)C2=O)cc1. The molecule has 1 N–H and O–H groups in total. The van der Waals surface area contributed by atoms with E-state index in [1.165, 1.54) is 7.11 Å². The molecular weight excluding hydrogens is 380 g/mol. The maximum Gasteiger partial charge on any atom is 0.337 e. The molecule has 8 heteroatoms. The lowest BCUT2D eigenvalue weighted by Crippen LogP contribution is -2.33. The van der Waals surface area contributed by atoms with Gasteiger partial charge in [-0.2, -0.15) is 0 Å². The van der Waals surface area contributed by atoms with Crippen molar-refractivity contribution in [1.82, 2.24) is 4.90 Å². The third-order valence-electron chi connectivity index (χ3n) is 4.03. The molecule has 2 amide bonds. The summed E-state index contributed by atoms with van der Waals surface area (Å²) in [4.78, 5) is 37.7. The number of carbonyl (C=O) groups is 3. The summed E-state index contributed by atoms with van der Waals surface area (Å²) in [5, 5.41) is 2.66. The van der Waals surface area contributed by atoms with Crippen LogP contribution in [0.25, 0.3) is 6.08 Å². The number of hydrogen-bond donors (Lipinski definition) is 1. The van der Waals surface area contributed by atoms with Gasteiger partial charge in [0, 0.05) is 5.69 Å². The Bertz CT molecular complexity index is 923. The first-order valence-electron chi connectivity index (χ1n) is 8.33. The second-order valence-electron chi connectivity index (χ2n) is 5.79. The fraction of sp³-hybridized carbons (Fsp3) is 0.150. The van der Waals surface area contributed by atoms with Gasteiger partial charge in [-0.3, -0.25) is 14.5 Å². The summed E-state index contributed by atoms with van der Waals surface area (Å²) < 4.78 is 9.75. The average molecular weight is 398 g/mol. The number of rotatable bonds is 6. The van der Waals surface area contributed by atoms with E-state index in [9.17, 15) is 14.4 Å². The third kappa shape index (κ3) is 4.34. The van der Waals surface area contributed by atoms with Crippen molar-refractivity contribution in [3.8, 4) is 5.75 Å². The zero-order valence-corrected chi connectivity index (χ0v) is 16.1. The number of imide groups is 1. The van der Waals surface area contributed by atoms with Crippen LogP contribution < -0.4 is 10.1 Å². The van der Waals surface area contributed by atoms with Gasteiger partial charge in [-0.15, -0.1) is 0 Å². The van der Waals surface area contributed by atoms with E-state index in [1.807, 2.05) is 12.1 Å². The highest BCUT2D eigenvalue weighted by atomic mass is 32.2. The molecule has 0 aromatic heterocycles. The standard InChI is InChI=1S/C20H18N2O5S/c1-26-16-9-3-13(4-10-16)11-17-18(23)22(20(25)28-17)12-21-15-7-5-14(6-8-15)19(24)27-2/h3-11,21H,12H2,1-2H3. The Balaban J connectivity index is 1.64. The Morgan fingerprint density at radius 1 is 1.07 bits per heavy atom. The molecule has 3 rings (SSSR count). The highest BCUT2D eigenvalue weighted by molar-refractivity contribution is 8.18. The van der Waals surface area contributed by atoms with Crippen LogP contribution in [0.4, 0.5) is 10.5 Å². The first-order valence-corrected chi connectivity index (χ1v) is 9.15. The topological polar surface area (TPSA) is 84.9 Å². The monoisotopic (exact) mass is 398 g/mol. The summed E-state index contributed by atoms with van der Waals surface area (Å²) in [7, 11) is 2.89. The number of esters is 1. The molecule has 0 saturated carbocycles. The molecule has 0 unspecified atom stereocenters. The van der Waals surface area contributed by atoms with Gasteiger partial charge in [-0.25, -0.2) is 4.79 Å². The third-order valence-corrected chi connectivity index (χ3v) is 4.94. The van der Waals surface area contributed by atoms with E-state index in [2.05, 4.69) is 10.1 Å². The number of anilines is 1. The summed E-state index contributed by atoms with van der Waals surface area (Å²) >= 11 is 0.897. The Kier molecular flexibility index (Phi) is 6.00. The van der Waals surface area contributed by atoms with Gasteiger partial charge in [0.15, 0.2) is 0 Å². The number of benzene rings is 2. The normalized spacial score (nSPS) is 15.1. The summed E-state index contributed by atoms with van der Waals surface area (Å²) in [5.41, 5.74) is 1.89. The van der Waals surface area contributed by atoms with Crippen molar-refractivity contribution in [1.29, 1.82) is 0 Å². The Labute approximate surface area is 166 Å². The number of nitrogens with zero attached hydrogens (tertiary/aromatic N) is 1. The van der Waals surface area contributed by atoms with Crippen molar-refractivity contribution in [2.24, 2.45) is 0 Å². The number of hydrogen-bond acceptors (Lipinski definition) is 7. The van der Waals surface area contributed by atoms with Crippen LogP contribution in [0.1, 0.15) is 15.9 Å². The molecule has 1 fully saturated rings. The molecule has 1 aliphatic heterocycles. The minimum absolute atomic E-state index is 0.0300. The van der Waals surface area contributed by atoms with Crippen molar-refractivity contribution >= 4 is 40.6 Å². The van der Waals surface area contributed by atoms with Crippen molar-refractivity contribution in [3.05, 3.63) is 64.6 Å². The van der Waals surface area contributed by atoms with Crippen molar-refractivity contribution < 1.29 is 23.9 Å². The molecule has 0 atom stereocenters. The van der Waals surface area contributed by atoms with Gasteiger partial charge in [0.2, 0.25) is 0 Å². The van der Waals surface area contributed by atoms with Crippen LogP contribution in [0.5, 0.6) is 5.75 Å². The van der Waals surface area contributed by atoms with Crippen molar-refractivity contribution in [3.63, 3.8) is 0 Å². The molecule has 7 nitrogen and oxygen atoms in total. The van der Waals surface area contributed by atoms with Crippen LogP contribution in [-0.4, -0.2) is 42.9 Å². The number of amides is 2. The van der Waals surface area contributed by atoms with E-state index < -0.39 is 5.97 Å². The van der Waals surface area contributed by atoms with E-state index in [4.69, 9.17) is 4.74 Å². The average Bonchev–Trinajstić information content (AvgIpc) is 2.99. The van der Waals surface area contributed by atoms with Crippen LogP contribution in [-0.2, 0) is 9.53 Å². The van der Waals surface area contributed by atoms with E-state index in [0.717, 1.165) is 22.2 Å². The summed E-state index contributed by atoms with van der Waals surface area (Å²) in [6.07, 6.45) is 1.68. The van der Waals surface area contributed by atoms with E-state index >= 15 is 0 Å². The molecule has 0 radical (unpaired) electrons. The highest BCUT2D eigenvalue weighted by Crippen LogP contribution is 2.32. The molecule has 0 aliphatic carbocycles.